The zero-order chi connectivity index (χ0) is 11.6. The van der Waals surface area contributed by atoms with Gasteiger partial charge in [0.05, 0.1) is 0 Å². The lowest BCUT2D eigenvalue weighted by molar-refractivity contribution is 0.0372. The van der Waals surface area contributed by atoms with Crippen LogP contribution in [-0.4, -0.2) is 25.8 Å². The second-order valence-electron chi connectivity index (χ2n) is 5.28. The molecule has 2 saturated heterocycles. The van der Waals surface area contributed by atoms with Crippen molar-refractivity contribution in [3.63, 3.8) is 0 Å². The van der Waals surface area contributed by atoms with Crippen molar-refractivity contribution in [3.05, 3.63) is 35.9 Å². The molecule has 2 heteroatoms. The van der Waals surface area contributed by atoms with Crippen LogP contribution in [0.5, 0.6) is 0 Å². The van der Waals surface area contributed by atoms with Gasteiger partial charge < -0.3 is 10.1 Å². The van der Waals surface area contributed by atoms with Gasteiger partial charge in [-0.25, -0.2) is 0 Å². The highest BCUT2D eigenvalue weighted by molar-refractivity contribution is 5.29. The molecule has 2 fully saturated rings. The first-order valence-electron chi connectivity index (χ1n) is 6.78. The van der Waals surface area contributed by atoms with Crippen LogP contribution in [0, 0.1) is 0 Å². The molecule has 1 N–H and O–H groups in total. The molecule has 0 saturated carbocycles. The van der Waals surface area contributed by atoms with Crippen molar-refractivity contribution in [2.24, 2.45) is 0 Å². The molecule has 1 aromatic rings. The van der Waals surface area contributed by atoms with Gasteiger partial charge in [-0.2, -0.15) is 0 Å². The van der Waals surface area contributed by atoms with Gasteiger partial charge in [0.2, 0.25) is 0 Å². The van der Waals surface area contributed by atoms with Gasteiger partial charge in [0, 0.05) is 24.7 Å². The van der Waals surface area contributed by atoms with Gasteiger partial charge in [0.25, 0.3) is 0 Å². The number of hydrogen-bond acceptors (Lipinski definition) is 2. The molecule has 1 aromatic carbocycles. The van der Waals surface area contributed by atoms with Crippen molar-refractivity contribution in [1.82, 2.24) is 5.32 Å². The summed E-state index contributed by atoms with van der Waals surface area (Å²) in [6.07, 6.45) is 4.96. The largest absolute Gasteiger partial charge is 0.381 e. The standard InChI is InChI=1S/C15H21NO/c1-2-5-13(6-3-1)15(8-11-17-12-9-15)14-7-4-10-16-14/h1-3,5-6,14,16H,4,7-12H2. The summed E-state index contributed by atoms with van der Waals surface area (Å²) in [6, 6.07) is 11.7. The van der Waals surface area contributed by atoms with E-state index in [1.807, 2.05) is 0 Å². The fourth-order valence-electron chi connectivity index (χ4n) is 3.50. The molecule has 0 spiro atoms. The normalized spacial score (nSPS) is 28.1. The fourth-order valence-corrected chi connectivity index (χ4v) is 3.50. The minimum Gasteiger partial charge on any atom is -0.381 e. The predicted octanol–water partition coefficient (Wildman–Crippen LogP) is 2.49. The van der Waals surface area contributed by atoms with Crippen LogP contribution < -0.4 is 5.32 Å². The first-order valence-corrected chi connectivity index (χ1v) is 6.78. The SMILES string of the molecule is c1ccc(C2(C3CCCN3)CCOCC2)cc1. The summed E-state index contributed by atoms with van der Waals surface area (Å²) in [7, 11) is 0. The van der Waals surface area contributed by atoms with E-state index in [1.165, 1.54) is 24.9 Å². The highest BCUT2D eigenvalue weighted by Crippen LogP contribution is 2.40. The summed E-state index contributed by atoms with van der Waals surface area (Å²) in [5, 5.41) is 3.71. The Balaban J connectivity index is 1.95. The topological polar surface area (TPSA) is 21.3 Å². The quantitative estimate of drug-likeness (QED) is 0.844. The third-order valence-corrected chi connectivity index (χ3v) is 4.46. The van der Waals surface area contributed by atoms with Crippen molar-refractivity contribution < 1.29 is 4.74 Å². The zero-order valence-electron chi connectivity index (χ0n) is 10.3. The van der Waals surface area contributed by atoms with Crippen LogP contribution >= 0.6 is 0 Å². The maximum atomic E-state index is 5.58. The van der Waals surface area contributed by atoms with Crippen LogP contribution in [0.4, 0.5) is 0 Å². The second kappa shape index (κ2) is 4.79. The van der Waals surface area contributed by atoms with Crippen LogP contribution in [0.3, 0.4) is 0 Å². The Morgan fingerprint density at radius 2 is 1.88 bits per heavy atom. The summed E-state index contributed by atoms with van der Waals surface area (Å²) >= 11 is 0. The van der Waals surface area contributed by atoms with E-state index < -0.39 is 0 Å². The summed E-state index contributed by atoms with van der Waals surface area (Å²) in [4.78, 5) is 0. The molecule has 92 valence electrons. The molecule has 2 nitrogen and oxygen atoms in total. The zero-order valence-corrected chi connectivity index (χ0v) is 10.3. The highest BCUT2D eigenvalue weighted by Gasteiger charge is 2.42. The Morgan fingerprint density at radius 1 is 1.12 bits per heavy atom. The van der Waals surface area contributed by atoms with Crippen LogP contribution in [0.25, 0.3) is 0 Å². The molecule has 17 heavy (non-hydrogen) atoms. The van der Waals surface area contributed by atoms with E-state index in [0.29, 0.717) is 11.5 Å². The first-order chi connectivity index (χ1) is 8.42. The molecule has 0 amide bonds. The summed E-state index contributed by atoms with van der Waals surface area (Å²) < 4.78 is 5.58. The second-order valence-corrected chi connectivity index (χ2v) is 5.28. The van der Waals surface area contributed by atoms with E-state index in [4.69, 9.17) is 4.74 Å². The maximum absolute atomic E-state index is 5.58. The molecule has 2 aliphatic heterocycles. The monoisotopic (exact) mass is 231 g/mol. The Morgan fingerprint density at radius 3 is 2.53 bits per heavy atom. The van der Waals surface area contributed by atoms with E-state index in [1.54, 1.807) is 0 Å². The van der Waals surface area contributed by atoms with E-state index in [0.717, 1.165) is 26.1 Å². The molecule has 1 atom stereocenters. The lowest BCUT2D eigenvalue weighted by Crippen LogP contribution is -2.48. The Kier molecular flexibility index (Phi) is 3.17. The third-order valence-electron chi connectivity index (χ3n) is 4.46. The van der Waals surface area contributed by atoms with Gasteiger partial charge in [-0.1, -0.05) is 30.3 Å². The van der Waals surface area contributed by atoms with Gasteiger partial charge in [0.1, 0.15) is 0 Å². The lowest BCUT2D eigenvalue weighted by Gasteiger charge is -2.42. The van der Waals surface area contributed by atoms with Crippen molar-refractivity contribution in [2.45, 2.75) is 37.1 Å². The van der Waals surface area contributed by atoms with Gasteiger partial charge in [-0.05, 0) is 37.8 Å². The molecule has 0 aromatic heterocycles. The minimum atomic E-state index is 0.315. The molecular formula is C15H21NO. The van der Waals surface area contributed by atoms with E-state index in [2.05, 4.69) is 35.6 Å². The van der Waals surface area contributed by atoms with Crippen molar-refractivity contribution >= 4 is 0 Å². The molecular weight excluding hydrogens is 210 g/mol. The number of nitrogens with one attached hydrogen (secondary N) is 1. The fraction of sp³-hybridized carbons (Fsp3) is 0.600. The summed E-state index contributed by atoms with van der Waals surface area (Å²) in [6.45, 7) is 3.00. The molecule has 0 aliphatic carbocycles. The number of ether oxygens (including phenoxy) is 1. The van der Waals surface area contributed by atoms with Crippen molar-refractivity contribution in [1.29, 1.82) is 0 Å². The average molecular weight is 231 g/mol. The number of benzene rings is 1. The van der Waals surface area contributed by atoms with Gasteiger partial charge in [-0.3, -0.25) is 0 Å². The van der Waals surface area contributed by atoms with Gasteiger partial charge in [0.15, 0.2) is 0 Å². The van der Waals surface area contributed by atoms with E-state index in [-0.39, 0.29) is 0 Å². The smallest absolute Gasteiger partial charge is 0.0475 e. The van der Waals surface area contributed by atoms with E-state index in [9.17, 15) is 0 Å². The van der Waals surface area contributed by atoms with Gasteiger partial charge >= 0.3 is 0 Å². The molecule has 2 aliphatic rings. The minimum absolute atomic E-state index is 0.315. The molecule has 3 rings (SSSR count). The molecule has 0 radical (unpaired) electrons. The van der Waals surface area contributed by atoms with Crippen LogP contribution in [-0.2, 0) is 10.2 Å². The maximum Gasteiger partial charge on any atom is 0.0475 e. The number of rotatable bonds is 2. The average Bonchev–Trinajstić information content (AvgIpc) is 2.95. The molecule has 2 heterocycles. The van der Waals surface area contributed by atoms with E-state index >= 15 is 0 Å². The molecule has 0 bridgehead atoms. The van der Waals surface area contributed by atoms with Crippen molar-refractivity contribution in [2.75, 3.05) is 19.8 Å². The Bertz CT molecular complexity index is 350. The van der Waals surface area contributed by atoms with Crippen LogP contribution in [0.15, 0.2) is 30.3 Å². The Hall–Kier alpha value is -0.860. The van der Waals surface area contributed by atoms with Crippen LogP contribution in [0.2, 0.25) is 0 Å². The molecule has 1 unspecified atom stereocenters. The third kappa shape index (κ3) is 2.00. The summed E-state index contributed by atoms with van der Waals surface area (Å²) in [5.74, 6) is 0. The van der Waals surface area contributed by atoms with Gasteiger partial charge in [-0.15, -0.1) is 0 Å². The summed E-state index contributed by atoms with van der Waals surface area (Å²) in [5.41, 5.74) is 1.82. The first kappa shape index (κ1) is 11.2. The van der Waals surface area contributed by atoms with Crippen LogP contribution in [0.1, 0.15) is 31.2 Å². The van der Waals surface area contributed by atoms with Crippen molar-refractivity contribution in [3.8, 4) is 0 Å². The number of hydrogen-bond donors (Lipinski definition) is 1. The Labute approximate surface area is 103 Å². The highest BCUT2D eigenvalue weighted by atomic mass is 16.5. The predicted molar refractivity (Wildman–Crippen MR) is 69.2 cm³/mol. The lowest BCUT2D eigenvalue weighted by atomic mass is 9.68.